The number of carbonyl (C=O) groups excluding carboxylic acids is 2. The lowest BCUT2D eigenvalue weighted by Crippen LogP contribution is -2.32. The molecule has 4 heteroatoms. The second-order valence-electron chi connectivity index (χ2n) is 6.59. The second kappa shape index (κ2) is 9.38. The third kappa shape index (κ3) is 4.36. The summed E-state index contributed by atoms with van der Waals surface area (Å²) in [7, 11) is 0. The molecule has 29 heavy (non-hydrogen) atoms. The summed E-state index contributed by atoms with van der Waals surface area (Å²) in [6.45, 7) is -0.236. The molecule has 0 aliphatic rings. The van der Waals surface area contributed by atoms with E-state index in [0.717, 1.165) is 0 Å². The normalized spacial score (nSPS) is 11.4. The SMILES string of the molecule is C#Cc1ccccc1[C@@H](CN=O)C(C(=O)c1ccccc1)C(=O)c1ccccc1. The number of hydrogen-bond acceptors (Lipinski definition) is 4. The van der Waals surface area contributed by atoms with Crippen LogP contribution in [0, 0.1) is 23.2 Å². The largest absolute Gasteiger partial charge is 0.293 e. The van der Waals surface area contributed by atoms with Crippen LogP contribution < -0.4 is 0 Å². The molecule has 0 fully saturated rings. The fraction of sp³-hybridized carbons (Fsp3) is 0.120. The van der Waals surface area contributed by atoms with Crippen LogP contribution in [0.25, 0.3) is 0 Å². The molecule has 0 aliphatic heterocycles. The highest BCUT2D eigenvalue weighted by molar-refractivity contribution is 6.16. The van der Waals surface area contributed by atoms with E-state index in [1.807, 2.05) is 0 Å². The minimum absolute atomic E-state index is 0.236. The predicted molar refractivity (Wildman–Crippen MR) is 113 cm³/mol. The maximum Gasteiger partial charge on any atom is 0.174 e. The van der Waals surface area contributed by atoms with Gasteiger partial charge in [-0.2, -0.15) is 4.91 Å². The van der Waals surface area contributed by atoms with Crippen molar-refractivity contribution >= 4 is 11.6 Å². The molecule has 0 heterocycles. The molecule has 3 aromatic rings. The Bertz CT molecular complexity index is 1000. The van der Waals surface area contributed by atoms with Crippen molar-refractivity contribution in [2.45, 2.75) is 5.92 Å². The van der Waals surface area contributed by atoms with Crippen molar-refractivity contribution in [2.24, 2.45) is 11.1 Å². The van der Waals surface area contributed by atoms with E-state index in [1.54, 1.807) is 84.9 Å². The highest BCUT2D eigenvalue weighted by atomic mass is 16.3. The minimum atomic E-state index is -1.12. The third-order valence-electron chi connectivity index (χ3n) is 4.87. The smallest absolute Gasteiger partial charge is 0.174 e. The van der Waals surface area contributed by atoms with Crippen molar-refractivity contribution in [3.8, 4) is 12.3 Å². The summed E-state index contributed by atoms with van der Waals surface area (Å²) >= 11 is 0. The van der Waals surface area contributed by atoms with Gasteiger partial charge in [-0.1, -0.05) is 90.0 Å². The summed E-state index contributed by atoms with van der Waals surface area (Å²) in [6.07, 6.45) is 5.63. The average Bonchev–Trinajstić information content (AvgIpc) is 2.79. The van der Waals surface area contributed by atoms with Gasteiger partial charge in [0.05, 0.1) is 12.5 Å². The van der Waals surface area contributed by atoms with Gasteiger partial charge in [-0.25, -0.2) is 0 Å². The Morgan fingerprint density at radius 2 is 1.28 bits per heavy atom. The molecule has 0 bridgehead atoms. The predicted octanol–water partition coefficient (Wildman–Crippen LogP) is 4.90. The van der Waals surface area contributed by atoms with E-state index in [-0.39, 0.29) is 18.1 Å². The molecular weight excluding hydrogens is 362 g/mol. The molecule has 0 unspecified atom stereocenters. The molecule has 3 aromatic carbocycles. The van der Waals surface area contributed by atoms with E-state index in [2.05, 4.69) is 11.1 Å². The van der Waals surface area contributed by atoms with Crippen LogP contribution in [-0.4, -0.2) is 18.1 Å². The van der Waals surface area contributed by atoms with E-state index in [9.17, 15) is 14.5 Å². The van der Waals surface area contributed by atoms with Crippen LogP contribution in [0.3, 0.4) is 0 Å². The first-order valence-electron chi connectivity index (χ1n) is 9.20. The van der Waals surface area contributed by atoms with E-state index in [4.69, 9.17) is 6.42 Å². The lowest BCUT2D eigenvalue weighted by atomic mass is 9.76. The first-order chi connectivity index (χ1) is 14.2. The van der Waals surface area contributed by atoms with Crippen molar-refractivity contribution in [1.82, 2.24) is 0 Å². The van der Waals surface area contributed by atoms with Crippen LogP contribution in [0.4, 0.5) is 0 Å². The second-order valence-corrected chi connectivity index (χ2v) is 6.59. The summed E-state index contributed by atoms with van der Waals surface area (Å²) in [5.74, 6) is -0.0242. The summed E-state index contributed by atoms with van der Waals surface area (Å²) in [5, 5.41) is 3.04. The number of Topliss-reactive ketones (excluding diaryl/α,β-unsaturated/α-hetero) is 2. The topological polar surface area (TPSA) is 63.6 Å². The van der Waals surface area contributed by atoms with Crippen LogP contribution in [0.2, 0.25) is 0 Å². The van der Waals surface area contributed by atoms with Gasteiger partial charge >= 0.3 is 0 Å². The lowest BCUT2D eigenvalue weighted by molar-refractivity contribution is 0.0784. The Kier molecular flexibility index (Phi) is 6.44. The van der Waals surface area contributed by atoms with Gasteiger partial charge in [0.25, 0.3) is 0 Å². The number of nitrogens with zero attached hydrogens (tertiary/aromatic N) is 1. The number of benzene rings is 3. The number of hydrogen-bond donors (Lipinski definition) is 0. The van der Waals surface area contributed by atoms with Gasteiger partial charge in [-0.05, 0) is 11.6 Å². The van der Waals surface area contributed by atoms with Crippen LogP contribution >= 0.6 is 0 Å². The molecule has 0 aliphatic carbocycles. The van der Waals surface area contributed by atoms with Gasteiger partial charge < -0.3 is 0 Å². The Morgan fingerprint density at radius 3 is 1.76 bits per heavy atom. The molecule has 0 N–H and O–H groups in total. The van der Waals surface area contributed by atoms with E-state index in [1.165, 1.54) is 0 Å². The van der Waals surface area contributed by atoms with Gasteiger partial charge in [0.15, 0.2) is 11.6 Å². The summed E-state index contributed by atoms with van der Waals surface area (Å²) in [5.41, 5.74) is 1.92. The highest BCUT2D eigenvalue weighted by Gasteiger charge is 2.37. The average molecular weight is 381 g/mol. The fourth-order valence-electron chi connectivity index (χ4n) is 3.46. The number of terminal acetylenes is 1. The lowest BCUT2D eigenvalue weighted by Gasteiger charge is -2.25. The highest BCUT2D eigenvalue weighted by Crippen LogP contribution is 2.33. The molecule has 0 aromatic heterocycles. The molecule has 0 radical (unpaired) electrons. The molecule has 0 amide bonds. The van der Waals surface area contributed by atoms with Crippen LogP contribution in [0.1, 0.15) is 37.8 Å². The maximum atomic E-state index is 13.4. The molecule has 1 atom stereocenters. The zero-order valence-corrected chi connectivity index (χ0v) is 15.7. The Morgan fingerprint density at radius 1 is 0.793 bits per heavy atom. The van der Waals surface area contributed by atoms with Crippen LogP contribution in [0.15, 0.2) is 90.1 Å². The number of carbonyl (C=O) groups is 2. The van der Waals surface area contributed by atoms with Crippen molar-refractivity contribution in [3.05, 3.63) is 112 Å². The van der Waals surface area contributed by atoms with E-state index in [0.29, 0.717) is 22.3 Å². The molecule has 3 rings (SSSR count). The van der Waals surface area contributed by atoms with E-state index >= 15 is 0 Å². The van der Waals surface area contributed by atoms with Crippen molar-refractivity contribution in [3.63, 3.8) is 0 Å². The monoisotopic (exact) mass is 381 g/mol. The summed E-state index contributed by atoms with van der Waals surface area (Å²) < 4.78 is 0. The Balaban J connectivity index is 2.16. The maximum absolute atomic E-state index is 13.4. The standard InChI is InChI=1S/C25H19NO3/c1-2-18-11-9-10-16-21(18)22(17-26-29)23(24(27)19-12-5-3-6-13-19)25(28)20-14-7-4-8-15-20/h1,3-16,22-23H,17H2/t22-/m1/s1. The van der Waals surface area contributed by atoms with Crippen LogP contribution in [0.5, 0.6) is 0 Å². The first kappa shape index (κ1) is 19.9. The third-order valence-corrected chi connectivity index (χ3v) is 4.87. The van der Waals surface area contributed by atoms with Crippen molar-refractivity contribution in [2.75, 3.05) is 6.54 Å². The van der Waals surface area contributed by atoms with E-state index < -0.39 is 11.8 Å². The summed E-state index contributed by atoms with van der Waals surface area (Å²) in [6, 6.07) is 24.2. The van der Waals surface area contributed by atoms with Crippen molar-refractivity contribution in [1.29, 1.82) is 0 Å². The zero-order valence-electron chi connectivity index (χ0n) is 15.7. The molecular formula is C25H19NO3. The Labute approximate surface area is 169 Å². The van der Waals surface area contributed by atoms with Gasteiger partial charge in [-0.3, -0.25) is 9.59 Å². The van der Waals surface area contributed by atoms with Crippen LogP contribution in [-0.2, 0) is 0 Å². The Hall–Kier alpha value is -3.84. The summed E-state index contributed by atoms with van der Waals surface area (Å²) in [4.78, 5) is 38.2. The zero-order chi connectivity index (χ0) is 20.6. The van der Waals surface area contributed by atoms with Crippen molar-refractivity contribution < 1.29 is 9.59 Å². The molecule has 0 saturated heterocycles. The molecule has 0 spiro atoms. The van der Waals surface area contributed by atoms with Gasteiger partial charge in [0.1, 0.15) is 0 Å². The minimum Gasteiger partial charge on any atom is -0.293 e. The molecule has 0 saturated carbocycles. The first-order valence-corrected chi connectivity index (χ1v) is 9.20. The van der Waals surface area contributed by atoms with Gasteiger partial charge in [-0.15, -0.1) is 6.42 Å². The number of ketones is 2. The molecule has 4 nitrogen and oxygen atoms in total. The quantitative estimate of drug-likeness (QED) is 0.241. The number of rotatable bonds is 8. The van der Waals surface area contributed by atoms with Gasteiger partial charge in [0.2, 0.25) is 0 Å². The molecule has 142 valence electrons. The van der Waals surface area contributed by atoms with Gasteiger partial charge in [0, 0.05) is 22.6 Å². The number of nitroso groups, excluding NO2 is 1. The fourth-order valence-corrected chi connectivity index (χ4v) is 3.46.